The zero-order valence-electron chi connectivity index (χ0n) is 9.27. The molecule has 0 aromatic carbocycles. The molecule has 0 amide bonds. The molecule has 0 radical (unpaired) electrons. The maximum absolute atomic E-state index is 6.24. The van der Waals surface area contributed by atoms with Crippen molar-refractivity contribution in [1.29, 1.82) is 0 Å². The van der Waals surface area contributed by atoms with Crippen LogP contribution in [0, 0.1) is 0 Å². The van der Waals surface area contributed by atoms with Gasteiger partial charge >= 0.3 is 0 Å². The van der Waals surface area contributed by atoms with E-state index in [0.29, 0.717) is 0 Å². The van der Waals surface area contributed by atoms with Crippen molar-refractivity contribution in [3.8, 4) is 0 Å². The molecular formula is C11H21NO2. The Kier molecular flexibility index (Phi) is 2.82. The van der Waals surface area contributed by atoms with E-state index in [9.17, 15) is 0 Å². The van der Waals surface area contributed by atoms with Crippen LogP contribution >= 0.6 is 0 Å². The topological polar surface area (TPSA) is 30.5 Å². The van der Waals surface area contributed by atoms with Crippen LogP contribution in [0.2, 0.25) is 0 Å². The molecule has 2 rings (SSSR count). The van der Waals surface area contributed by atoms with Gasteiger partial charge in [0.25, 0.3) is 0 Å². The van der Waals surface area contributed by atoms with Crippen LogP contribution in [0.25, 0.3) is 0 Å². The second-order valence-electron chi connectivity index (χ2n) is 5.11. The number of nitrogens with one attached hydrogen (secondary N) is 1. The predicted octanol–water partition coefficient (Wildman–Crippen LogP) is 1.32. The summed E-state index contributed by atoms with van der Waals surface area (Å²) in [5, 5.41) is 3.48. The number of morpholine rings is 1. The first kappa shape index (κ1) is 10.4. The van der Waals surface area contributed by atoms with Gasteiger partial charge in [0, 0.05) is 32.7 Å². The SMILES string of the molecule is CC1(C)CNCC2(CCCOCC2)O1. The van der Waals surface area contributed by atoms with Crippen LogP contribution in [-0.2, 0) is 9.47 Å². The van der Waals surface area contributed by atoms with Crippen LogP contribution in [0.5, 0.6) is 0 Å². The second-order valence-corrected chi connectivity index (χ2v) is 5.11. The molecule has 0 saturated carbocycles. The first-order valence-corrected chi connectivity index (χ1v) is 5.61. The fourth-order valence-electron chi connectivity index (χ4n) is 2.51. The highest BCUT2D eigenvalue weighted by molar-refractivity contribution is 4.93. The van der Waals surface area contributed by atoms with E-state index in [0.717, 1.165) is 45.6 Å². The Morgan fingerprint density at radius 1 is 1.07 bits per heavy atom. The Balaban J connectivity index is 2.05. The standard InChI is InChI=1S/C11H21NO2/c1-10(2)8-12-9-11(14-10)4-3-6-13-7-5-11/h12H,3-9H2,1-2H3. The highest BCUT2D eigenvalue weighted by Gasteiger charge is 2.40. The van der Waals surface area contributed by atoms with Crippen LogP contribution in [0.3, 0.4) is 0 Å². The molecule has 3 heteroatoms. The van der Waals surface area contributed by atoms with E-state index in [1.165, 1.54) is 0 Å². The van der Waals surface area contributed by atoms with Crippen molar-refractivity contribution in [2.45, 2.75) is 44.3 Å². The van der Waals surface area contributed by atoms with E-state index < -0.39 is 0 Å². The number of hydrogen-bond acceptors (Lipinski definition) is 3. The Labute approximate surface area is 86.2 Å². The van der Waals surface area contributed by atoms with E-state index in [1.54, 1.807) is 0 Å². The van der Waals surface area contributed by atoms with Crippen LogP contribution in [0.4, 0.5) is 0 Å². The predicted molar refractivity (Wildman–Crippen MR) is 55.4 cm³/mol. The number of hydrogen-bond donors (Lipinski definition) is 1. The maximum Gasteiger partial charge on any atom is 0.0836 e. The molecule has 1 atom stereocenters. The van der Waals surface area contributed by atoms with E-state index in [1.807, 2.05) is 0 Å². The average Bonchev–Trinajstić information content (AvgIpc) is 2.29. The summed E-state index contributed by atoms with van der Waals surface area (Å²) in [5.41, 5.74) is 0.0147. The quantitative estimate of drug-likeness (QED) is 0.638. The minimum Gasteiger partial charge on any atom is -0.381 e. The van der Waals surface area contributed by atoms with Crippen LogP contribution in [0.1, 0.15) is 33.1 Å². The summed E-state index contributed by atoms with van der Waals surface area (Å²) >= 11 is 0. The zero-order valence-corrected chi connectivity index (χ0v) is 9.27. The summed E-state index contributed by atoms with van der Waals surface area (Å²) in [6, 6.07) is 0. The van der Waals surface area contributed by atoms with Crippen LogP contribution in [-0.4, -0.2) is 37.5 Å². The Bertz CT molecular complexity index is 195. The lowest BCUT2D eigenvalue weighted by Crippen LogP contribution is -2.58. The fraction of sp³-hybridized carbons (Fsp3) is 1.00. The third-order valence-corrected chi connectivity index (χ3v) is 3.11. The minimum absolute atomic E-state index is 0.0252. The summed E-state index contributed by atoms with van der Waals surface area (Å²) < 4.78 is 11.7. The van der Waals surface area contributed by atoms with Crippen molar-refractivity contribution in [1.82, 2.24) is 5.32 Å². The van der Waals surface area contributed by atoms with Gasteiger partial charge < -0.3 is 14.8 Å². The van der Waals surface area contributed by atoms with E-state index in [-0.39, 0.29) is 11.2 Å². The lowest BCUT2D eigenvalue weighted by Gasteiger charge is -2.45. The summed E-state index contributed by atoms with van der Waals surface area (Å²) in [7, 11) is 0. The van der Waals surface area contributed by atoms with E-state index in [2.05, 4.69) is 19.2 Å². The van der Waals surface area contributed by atoms with Crippen molar-refractivity contribution < 1.29 is 9.47 Å². The molecule has 3 nitrogen and oxygen atoms in total. The summed E-state index contributed by atoms with van der Waals surface area (Å²) in [4.78, 5) is 0. The Hall–Kier alpha value is -0.120. The van der Waals surface area contributed by atoms with Crippen molar-refractivity contribution >= 4 is 0 Å². The molecule has 0 aromatic rings. The zero-order chi connectivity index (χ0) is 10.1. The van der Waals surface area contributed by atoms with Gasteiger partial charge in [0.2, 0.25) is 0 Å². The Morgan fingerprint density at radius 2 is 1.93 bits per heavy atom. The van der Waals surface area contributed by atoms with Gasteiger partial charge in [-0.1, -0.05) is 0 Å². The third-order valence-electron chi connectivity index (χ3n) is 3.11. The molecule has 14 heavy (non-hydrogen) atoms. The first-order valence-electron chi connectivity index (χ1n) is 5.61. The third kappa shape index (κ3) is 2.27. The van der Waals surface area contributed by atoms with Gasteiger partial charge in [0.1, 0.15) is 0 Å². The molecule has 1 N–H and O–H groups in total. The smallest absolute Gasteiger partial charge is 0.0836 e. The highest BCUT2D eigenvalue weighted by atomic mass is 16.5. The molecule has 0 bridgehead atoms. The minimum atomic E-state index is -0.0252. The molecule has 82 valence electrons. The molecule has 0 aromatic heterocycles. The normalized spacial score (nSPS) is 38.1. The molecule has 2 fully saturated rings. The van der Waals surface area contributed by atoms with Crippen molar-refractivity contribution in [2.75, 3.05) is 26.3 Å². The molecular weight excluding hydrogens is 178 g/mol. The van der Waals surface area contributed by atoms with Gasteiger partial charge in [-0.3, -0.25) is 0 Å². The maximum atomic E-state index is 6.24. The lowest BCUT2D eigenvalue weighted by atomic mass is 9.90. The van der Waals surface area contributed by atoms with E-state index >= 15 is 0 Å². The van der Waals surface area contributed by atoms with Gasteiger partial charge in [-0.05, 0) is 26.7 Å². The summed E-state index contributed by atoms with van der Waals surface area (Å²) in [5.74, 6) is 0. The number of rotatable bonds is 0. The molecule has 2 aliphatic rings. The lowest BCUT2D eigenvalue weighted by molar-refractivity contribution is -0.168. The van der Waals surface area contributed by atoms with Crippen molar-refractivity contribution in [3.05, 3.63) is 0 Å². The van der Waals surface area contributed by atoms with Gasteiger partial charge in [0.15, 0.2) is 0 Å². The number of ether oxygens (including phenoxy) is 2. The summed E-state index contributed by atoms with van der Waals surface area (Å²) in [6.45, 7) is 8.00. The van der Waals surface area contributed by atoms with Gasteiger partial charge in [0.05, 0.1) is 11.2 Å². The van der Waals surface area contributed by atoms with Crippen molar-refractivity contribution in [2.24, 2.45) is 0 Å². The molecule has 2 heterocycles. The van der Waals surface area contributed by atoms with Crippen LogP contribution in [0.15, 0.2) is 0 Å². The highest BCUT2D eigenvalue weighted by Crippen LogP contribution is 2.32. The van der Waals surface area contributed by atoms with Gasteiger partial charge in [-0.25, -0.2) is 0 Å². The molecule has 2 aliphatic heterocycles. The fourth-order valence-corrected chi connectivity index (χ4v) is 2.51. The molecule has 0 aliphatic carbocycles. The molecule has 2 saturated heterocycles. The summed E-state index contributed by atoms with van der Waals surface area (Å²) in [6.07, 6.45) is 3.28. The molecule has 1 spiro atoms. The molecule has 1 unspecified atom stereocenters. The first-order chi connectivity index (χ1) is 6.62. The second kappa shape index (κ2) is 3.80. The largest absolute Gasteiger partial charge is 0.381 e. The monoisotopic (exact) mass is 199 g/mol. The Morgan fingerprint density at radius 3 is 2.71 bits per heavy atom. The van der Waals surface area contributed by atoms with Crippen molar-refractivity contribution in [3.63, 3.8) is 0 Å². The van der Waals surface area contributed by atoms with E-state index in [4.69, 9.17) is 9.47 Å². The average molecular weight is 199 g/mol. The van der Waals surface area contributed by atoms with Crippen LogP contribution < -0.4 is 5.32 Å². The van der Waals surface area contributed by atoms with Gasteiger partial charge in [-0.15, -0.1) is 0 Å². The van der Waals surface area contributed by atoms with Gasteiger partial charge in [-0.2, -0.15) is 0 Å².